The monoisotopic (exact) mass is 408 g/mol. The fraction of sp³-hybridized carbons (Fsp3) is 0.333. The molecule has 1 aliphatic carbocycles. The van der Waals surface area contributed by atoms with Gasteiger partial charge in [-0.3, -0.25) is 4.90 Å². The van der Waals surface area contributed by atoms with Crippen LogP contribution in [0.5, 0.6) is 5.75 Å². The van der Waals surface area contributed by atoms with Crippen LogP contribution in [0.4, 0.5) is 0 Å². The third-order valence-electron chi connectivity index (χ3n) is 6.69. The molecule has 3 aromatic rings. The number of H-pyrrole nitrogens is 1. The van der Waals surface area contributed by atoms with Gasteiger partial charge in [-0.2, -0.15) is 0 Å². The van der Waals surface area contributed by atoms with Crippen molar-refractivity contribution in [3.8, 4) is 5.75 Å². The highest BCUT2D eigenvalue weighted by molar-refractivity contribution is 6.35. The first-order valence-corrected chi connectivity index (χ1v) is 10.6. The standard InChI is InChI=1S/C24H25ClN2O2/c1-14(28)24(16-4-2-5-18(29)10-16)27-9-8-15-12-22-19(11-17(15)13-27)23-20(25)6-3-7-21(23)26-22/h2-7,10,15,17,24,26,28-29H,1,8-9,11-13H2. The van der Waals surface area contributed by atoms with Gasteiger partial charge in [-0.05, 0) is 73.0 Å². The van der Waals surface area contributed by atoms with Gasteiger partial charge >= 0.3 is 0 Å². The number of aromatic amines is 1. The predicted octanol–water partition coefficient (Wildman–Crippen LogP) is 5.38. The Morgan fingerprint density at radius 3 is 2.79 bits per heavy atom. The molecule has 29 heavy (non-hydrogen) atoms. The molecule has 3 unspecified atom stereocenters. The zero-order valence-electron chi connectivity index (χ0n) is 16.2. The molecular weight excluding hydrogens is 384 g/mol. The minimum absolute atomic E-state index is 0.126. The highest BCUT2D eigenvalue weighted by Gasteiger charge is 2.38. The van der Waals surface area contributed by atoms with E-state index in [-0.39, 0.29) is 17.6 Å². The lowest BCUT2D eigenvalue weighted by molar-refractivity contribution is 0.0716. The lowest BCUT2D eigenvalue weighted by atomic mass is 9.73. The normalized spacial score (nSPS) is 22.8. The topological polar surface area (TPSA) is 59.5 Å². The maximum atomic E-state index is 10.4. The van der Waals surface area contributed by atoms with E-state index in [0.29, 0.717) is 11.8 Å². The summed E-state index contributed by atoms with van der Waals surface area (Å²) in [6.45, 7) is 5.62. The third kappa shape index (κ3) is 3.21. The largest absolute Gasteiger partial charge is 0.511 e. The molecule has 3 N–H and O–H groups in total. The zero-order valence-corrected chi connectivity index (χ0v) is 17.0. The number of nitrogens with zero attached hydrogens (tertiary/aromatic N) is 1. The fourth-order valence-corrected chi connectivity index (χ4v) is 5.69. The van der Waals surface area contributed by atoms with Crippen LogP contribution in [0.3, 0.4) is 0 Å². The Kier molecular flexibility index (Phi) is 4.56. The van der Waals surface area contributed by atoms with Crippen molar-refractivity contribution >= 4 is 22.5 Å². The molecule has 2 heterocycles. The number of rotatable bonds is 3. The van der Waals surface area contributed by atoms with Crippen molar-refractivity contribution in [3.63, 3.8) is 0 Å². The molecule has 2 aromatic carbocycles. The minimum Gasteiger partial charge on any atom is -0.511 e. The van der Waals surface area contributed by atoms with Crippen molar-refractivity contribution in [1.82, 2.24) is 9.88 Å². The molecule has 5 rings (SSSR count). The zero-order chi connectivity index (χ0) is 20.1. The number of hydrogen-bond donors (Lipinski definition) is 3. The number of phenolic OH excluding ortho intramolecular Hbond substituents is 1. The molecule has 0 bridgehead atoms. The van der Waals surface area contributed by atoms with E-state index >= 15 is 0 Å². The van der Waals surface area contributed by atoms with Crippen LogP contribution < -0.4 is 0 Å². The van der Waals surface area contributed by atoms with Crippen molar-refractivity contribution in [2.24, 2.45) is 11.8 Å². The Hall–Kier alpha value is -2.43. The first-order chi connectivity index (χ1) is 14.0. The Balaban J connectivity index is 1.45. The Bertz CT molecular complexity index is 1090. The maximum Gasteiger partial charge on any atom is 0.115 e. The van der Waals surface area contributed by atoms with Gasteiger partial charge in [0.25, 0.3) is 0 Å². The molecule has 1 aliphatic heterocycles. The summed E-state index contributed by atoms with van der Waals surface area (Å²) in [6, 6.07) is 12.9. The molecule has 150 valence electrons. The predicted molar refractivity (Wildman–Crippen MR) is 117 cm³/mol. The van der Waals surface area contributed by atoms with Gasteiger partial charge < -0.3 is 15.2 Å². The molecule has 1 saturated heterocycles. The number of piperidine rings is 1. The van der Waals surface area contributed by atoms with Crippen LogP contribution in [-0.4, -0.2) is 33.2 Å². The van der Waals surface area contributed by atoms with Crippen LogP contribution in [0.2, 0.25) is 5.02 Å². The average molecular weight is 409 g/mol. The van der Waals surface area contributed by atoms with E-state index in [2.05, 4.69) is 22.5 Å². The summed E-state index contributed by atoms with van der Waals surface area (Å²) >= 11 is 6.53. The van der Waals surface area contributed by atoms with Gasteiger partial charge in [0.15, 0.2) is 0 Å². The molecule has 0 amide bonds. The first-order valence-electron chi connectivity index (χ1n) is 10.2. The summed E-state index contributed by atoms with van der Waals surface area (Å²) in [4.78, 5) is 5.90. The quantitative estimate of drug-likeness (QED) is 0.510. The third-order valence-corrected chi connectivity index (χ3v) is 7.00. The molecule has 0 radical (unpaired) electrons. The van der Waals surface area contributed by atoms with Crippen LogP contribution >= 0.6 is 11.6 Å². The average Bonchev–Trinajstić information content (AvgIpc) is 3.04. The van der Waals surface area contributed by atoms with Crippen LogP contribution in [0.25, 0.3) is 10.9 Å². The van der Waals surface area contributed by atoms with Gasteiger partial charge in [-0.15, -0.1) is 0 Å². The molecule has 0 saturated carbocycles. The summed E-state index contributed by atoms with van der Waals surface area (Å²) in [6.07, 6.45) is 3.12. The van der Waals surface area contributed by atoms with Gasteiger partial charge in [0, 0.05) is 23.1 Å². The molecular formula is C24H25ClN2O2. The second-order valence-corrected chi connectivity index (χ2v) is 8.85. The van der Waals surface area contributed by atoms with E-state index in [9.17, 15) is 10.2 Å². The molecule has 4 nitrogen and oxygen atoms in total. The van der Waals surface area contributed by atoms with Gasteiger partial charge in [-0.1, -0.05) is 36.4 Å². The van der Waals surface area contributed by atoms with Crippen LogP contribution in [0.1, 0.15) is 29.3 Å². The number of fused-ring (bicyclic) bond motifs is 4. The number of aliphatic hydroxyl groups is 1. The number of hydrogen-bond acceptors (Lipinski definition) is 3. The van der Waals surface area contributed by atoms with E-state index in [1.807, 2.05) is 24.3 Å². The molecule has 0 spiro atoms. The van der Waals surface area contributed by atoms with Crippen molar-refractivity contribution < 1.29 is 10.2 Å². The maximum absolute atomic E-state index is 10.4. The number of halogens is 1. The summed E-state index contributed by atoms with van der Waals surface area (Å²) in [5.74, 6) is 1.47. The van der Waals surface area contributed by atoms with Crippen molar-refractivity contribution in [3.05, 3.63) is 76.6 Å². The van der Waals surface area contributed by atoms with Crippen molar-refractivity contribution in [2.45, 2.75) is 25.3 Å². The molecule has 1 aromatic heterocycles. The Morgan fingerprint density at radius 2 is 2.00 bits per heavy atom. The van der Waals surface area contributed by atoms with Gasteiger partial charge in [0.2, 0.25) is 0 Å². The summed E-state index contributed by atoms with van der Waals surface area (Å²) < 4.78 is 0. The summed E-state index contributed by atoms with van der Waals surface area (Å²) in [5, 5.41) is 22.2. The lowest BCUT2D eigenvalue weighted by Gasteiger charge is -2.44. The second-order valence-electron chi connectivity index (χ2n) is 8.45. The van der Waals surface area contributed by atoms with Gasteiger partial charge in [0.05, 0.1) is 11.1 Å². The number of phenols is 1. The van der Waals surface area contributed by atoms with Crippen molar-refractivity contribution in [1.29, 1.82) is 0 Å². The Labute approximate surface area is 175 Å². The van der Waals surface area contributed by atoms with E-state index in [1.54, 1.807) is 12.1 Å². The van der Waals surface area contributed by atoms with Gasteiger partial charge in [-0.25, -0.2) is 0 Å². The summed E-state index contributed by atoms with van der Waals surface area (Å²) in [5.41, 5.74) is 4.69. The van der Waals surface area contributed by atoms with E-state index in [0.717, 1.165) is 53.8 Å². The van der Waals surface area contributed by atoms with Crippen LogP contribution in [0.15, 0.2) is 54.8 Å². The second kappa shape index (κ2) is 7.12. The smallest absolute Gasteiger partial charge is 0.115 e. The summed E-state index contributed by atoms with van der Waals surface area (Å²) in [7, 11) is 0. The van der Waals surface area contributed by atoms with E-state index in [1.165, 1.54) is 11.3 Å². The number of likely N-dealkylation sites (tertiary alicyclic amines) is 1. The fourth-order valence-electron chi connectivity index (χ4n) is 5.40. The van der Waals surface area contributed by atoms with Gasteiger partial charge in [0.1, 0.15) is 11.5 Å². The molecule has 5 heteroatoms. The highest BCUT2D eigenvalue weighted by atomic mass is 35.5. The molecule has 1 fully saturated rings. The van der Waals surface area contributed by atoms with Crippen LogP contribution in [-0.2, 0) is 12.8 Å². The first kappa shape index (κ1) is 18.6. The number of aliphatic hydroxyl groups excluding tert-OH is 1. The van der Waals surface area contributed by atoms with Crippen molar-refractivity contribution in [2.75, 3.05) is 13.1 Å². The number of aromatic hydroxyl groups is 1. The Morgan fingerprint density at radius 1 is 1.17 bits per heavy atom. The lowest BCUT2D eigenvalue weighted by Crippen LogP contribution is -2.45. The SMILES string of the molecule is C=C(O)C(c1cccc(O)c1)N1CCC2Cc3[nH]c4cccc(Cl)c4c3CC2C1. The number of aromatic nitrogens is 1. The highest BCUT2D eigenvalue weighted by Crippen LogP contribution is 2.42. The minimum atomic E-state index is -0.295. The number of benzene rings is 2. The molecule has 3 atom stereocenters. The van der Waals surface area contributed by atoms with E-state index in [4.69, 9.17) is 11.6 Å². The van der Waals surface area contributed by atoms with Crippen LogP contribution in [0, 0.1) is 11.8 Å². The van der Waals surface area contributed by atoms with E-state index < -0.39 is 0 Å². The molecule has 2 aliphatic rings. The number of nitrogens with one attached hydrogen (secondary N) is 1.